The SMILES string of the molecule is Cc1ccccc1C(N=C=O)(N=C=O)c1ccccc1. The van der Waals surface area contributed by atoms with Gasteiger partial charge in [-0.25, -0.2) is 9.59 Å². The average Bonchev–Trinajstić information content (AvgIpc) is 2.48. The molecule has 0 aliphatic carbocycles. The average molecular weight is 264 g/mol. The molecule has 0 N–H and O–H groups in total. The number of carbonyl (C=O) groups excluding carboxylic acids is 2. The Bertz CT molecular complexity index is 679. The molecule has 0 atom stereocenters. The Kier molecular flexibility index (Phi) is 4.02. The molecular weight excluding hydrogens is 252 g/mol. The minimum atomic E-state index is -1.42. The zero-order valence-corrected chi connectivity index (χ0v) is 10.9. The highest BCUT2D eigenvalue weighted by Crippen LogP contribution is 2.36. The van der Waals surface area contributed by atoms with Crippen LogP contribution in [0.5, 0.6) is 0 Å². The maximum absolute atomic E-state index is 10.9. The van der Waals surface area contributed by atoms with Gasteiger partial charge in [-0.15, -0.1) is 0 Å². The van der Waals surface area contributed by atoms with Gasteiger partial charge < -0.3 is 0 Å². The second-order valence-corrected chi connectivity index (χ2v) is 4.26. The van der Waals surface area contributed by atoms with Crippen LogP contribution in [0, 0.1) is 6.92 Å². The van der Waals surface area contributed by atoms with Gasteiger partial charge in [-0.1, -0.05) is 54.6 Å². The number of hydrogen-bond acceptors (Lipinski definition) is 4. The van der Waals surface area contributed by atoms with E-state index in [0.717, 1.165) is 5.56 Å². The Labute approximate surface area is 116 Å². The van der Waals surface area contributed by atoms with Crippen molar-refractivity contribution >= 4 is 12.2 Å². The standard InChI is InChI=1S/C16H12N2O2/c1-13-7-5-6-10-15(13)16(17-11-19,18-12-20)14-8-3-2-4-9-14/h2-10H,1H3. The fourth-order valence-corrected chi connectivity index (χ4v) is 2.20. The second kappa shape index (κ2) is 5.89. The number of benzene rings is 2. The molecule has 0 heterocycles. The molecule has 2 aromatic rings. The first-order valence-corrected chi connectivity index (χ1v) is 6.04. The molecule has 98 valence electrons. The highest BCUT2D eigenvalue weighted by Gasteiger charge is 2.35. The van der Waals surface area contributed by atoms with E-state index in [1.54, 1.807) is 36.4 Å². The van der Waals surface area contributed by atoms with Crippen LogP contribution in [-0.4, -0.2) is 12.2 Å². The first-order chi connectivity index (χ1) is 9.74. The summed E-state index contributed by atoms with van der Waals surface area (Å²) in [6, 6.07) is 16.3. The molecule has 20 heavy (non-hydrogen) atoms. The molecule has 0 bridgehead atoms. The Morgan fingerprint density at radius 3 is 1.95 bits per heavy atom. The number of aliphatic imine (C=N–C) groups is 2. The normalized spacial score (nSPS) is 12.7. The molecule has 0 unspecified atom stereocenters. The van der Waals surface area contributed by atoms with Crippen molar-refractivity contribution in [2.45, 2.75) is 12.6 Å². The van der Waals surface area contributed by atoms with Crippen molar-refractivity contribution in [2.24, 2.45) is 9.98 Å². The Morgan fingerprint density at radius 2 is 1.40 bits per heavy atom. The second-order valence-electron chi connectivity index (χ2n) is 4.26. The van der Waals surface area contributed by atoms with E-state index < -0.39 is 5.66 Å². The third-order valence-corrected chi connectivity index (χ3v) is 3.11. The van der Waals surface area contributed by atoms with Crippen LogP contribution in [-0.2, 0) is 15.3 Å². The van der Waals surface area contributed by atoms with Crippen molar-refractivity contribution < 1.29 is 9.59 Å². The molecule has 0 amide bonds. The van der Waals surface area contributed by atoms with E-state index in [2.05, 4.69) is 9.98 Å². The van der Waals surface area contributed by atoms with Crippen LogP contribution in [0.1, 0.15) is 16.7 Å². The summed E-state index contributed by atoms with van der Waals surface area (Å²) >= 11 is 0. The van der Waals surface area contributed by atoms with Crippen LogP contribution < -0.4 is 0 Å². The van der Waals surface area contributed by atoms with E-state index >= 15 is 0 Å². The fourth-order valence-electron chi connectivity index (χ4n) is 2.20. The van der Waals surface area contributed by atoms with E-state index in [1.165, 1.54) is 12.2 Å². The minimum absolute atomic E-state index is 0.612. The molecular formula is C16H12N2O2. The quantitative estimate of drug-likeness (QED) is 0.629. The molecule has 2 aromatic carbocycles. The van der Waals surface area contributed by atoms with E-state index in [1.807, 2.05) is 25.1 Å². The van der Waals surface area contributed by atoms with Gasteiger partial charge in [0.1, 0.15) is 0 Å². The maximum Gasteiger partial charge on any atom is 0.238 e. The third-order valence-electron chi connectivity index (χ3n) is 3.11. The Balaban J connectivity index is 2.82. The summed E-state index contributed by atoms with van der Waals surface area (Å²) in [6.07, 6.45) is 3.04. The lowest BCUT2D eigenvalue weighted by Crippen LogP contribution is -2.23. The summed E-state index contributed by atoms with van der Waals surface area (Å²) in [7, 11) is 0. The van der Waals surface area contributed by atoms with Crippen molar-refractivity contribution in [1.29, 1.82) is 0 Å². The van der Waals surface area contributed by atoms with Crippen LogP contribution in [0.2, 0.25) is 0 Å². The Hall–Kier alpha value is -2.80. The first-order valence-electron chi connectivity index (χ1n) is 6.04. The van der Waals surface area contributed by atoms with E-state index in [-0.39, 0.29) is 0 Å². The fraction of sp³-hybridized carbons (Fsp3) is 0.125. The lowest BCUT2D eigenvalue weighted by atomic mass is 9.89. The van der Waals surface area contributed by atoms with Gasteiger partial charge in [-0.2, -0.15) is 9.98 Å². The van der Waals surface area contributed by atoms with Crippen LogP contribution in [0.25, 0.3) is 0 Å². The third kappa shape index (κ3) is 2.34. The smallest absolute Gasteiger partial charge is 0.211 e. The monoisotopic (exact) mass is 264 g/mol. The minimum Gasteiger partial charge on any atom is -0.211 e. The number of isocyanates is 2. The van der Waals surface area contributed by atoms with Gasteiger partial charge >= 0.3 is 0 Å². The van der Waals surface area contributed by atoms with Gasteiger partial charge in [0, 0.05) is 11.1 Å². The summed E-state index contributed by atoms with van der Waals surface area (Å²) in [4.78, 5) is 29.4. The predicted octanol–water partition coefficient (Wildman–Crippen LogP) is 2.87. The lowest BCUT2D eigenvalue weighted by Gasteiger charge is -2.24. The van der Waals surface area contributed by atoms with Crippen molar-refractivity contribution in [3.8, 4) is 0 Å². The summed E-state index contributed by atoms with van der Waals surface area (Å²) < 4.78 is 0. The number of rotatable bonds is 4. The molecule has 0 spiro atoms. The molecule has 0 fully saturated rings. The van der Waals surface area contributed by atoms with E-state index in [9.17, 15) is 9.59 Å². The zero-order valence-electron chi connectivity index (χ0n) is 10.9. The molecule has 0 radical (unpaired) electrons. The lowest BCUT2D eigenvalue weighted by molar-refractivity contribution is 0.515. The molecule has 0 aliphatic heterocycles. The van der Waals surface area contributed by atoms with Gasteiger partial charge in [0.25, 0.3) is 0 Å². The molecule has 0 saturated carbocycles. The summed E-state index contributed by atoms with van der Waals surface area (Å²) in [5, 5.41) is 0. The Morgan fingerprint density at radius 1 is 0.850 bits per heavy atom. The highest BCUT2D eigenvalue weighted by atomic mass is 16.1. The topological polar surface area (TPSA) is 58.9 Å². The maximum atomic E-state index is 10.9. The summed E-state index contributed by atoms with van der Waals surface area (Å²) in [5.74, 6) is 0. The number of hydrogen-bond donors (Lipinski definition) is 0. The van der Waals surface area contributed by atoms with E-state index in [0.29, 0.717) is 11.1 Å². The molecule has 0 aliphatic rings. The van der Waals surface area contributed by atoms with Gasteiger partial charge in [0.2, 0.25) is 17.8 Å². The van der Waals surface area contributed by atoms with Crippen molar-refractivity contribution in [3.63, 3.8) is 0 Å². The van der Waals surface area contributed by atoms with E-state index in [4.69, 9.17) is 0 Å². The summed E-state index contributed by atoms with van der Waals surface area (Å²) in [5.41, 5.74) is 0.712. The van der Waals surface area contributed by atoms with Crippen LogP contribution in [0.15, 0.2) is 64.6 Å². The van der Waals surface area contributed by atoms with Crippen molar-refractivity contribution in [3.05, 3.63) is 71.3 Å². The number of nitrogens with zero attached hydrogens (tertiary/aromatic N) is 2. The van der Waals surface area contributed by atoms with Crippen LogP contribution >= 0.6 is 0 Å². The van der Waals surface area contributed by atoms with Gasteiger partial charge in [-0.3, -0.25) is 0 Å². The van der Waals surface area contributed by atoms with Crippen molar-refractivity contribution in [2.75, 3.05) is 0 Å². The summed E-state index contributed by atoms with van der Waals surface area (Å²) in [6.45, 7) is 1.87. The molecule has 4 nitrogen and oxygen atoms in total. The highest BCUT2D eigenvalue weighted by molar-refractivity contribution is 5.51. The van der Waals surface area contributed by atoms with Crippen molar-refractivity contribution in [1.82, 2.24) is 0 Å². The molecule has 4 heteroatoms. The van der Waals surface area contributed by atoms with Gasteiger partial charge in [0.15, 0.2) is 0 Å². The van der Waals surface area contributed by atoms with Gasteiger partial charge in [-0.05, 0) is 12.5 Å². The zero-order chi connectivity index (χ0) is 14.4. The predicted molar refractivity (Wildman–Crippen MR) is 74.6 cm³/mol. The van der Waals surface area contributed by atoms with Crippen LogP contribution in [0.4, 0.5) is 0 Å². The number of aryl methyl sites for hydroxylation is 1. The van der Waals surface area contributed by atoms with Crippen LogP contribution in [0.3, 0.4) is 0 Å². The largest absolute Gasteiger partial charge is 0.238 e. The molecule has 0 aromatic heterocycles. The molecule has 2 rings (SSSR count). The first kappa shape index (κ1) is 13.6. The van der Waals surface area contributed by atoms with Gasteiger partial charge in [0.05, 0.1) is 0 Å². The molecule has 0 saturated heterocycles.